The first-order chi connectivity index (χ1) is 7.31. The van der Waals surface area contributed by atoms with Crippen molar-refractivity contribution in [2.24, 2.45) is 0 Å². The number of aliphatic hydroxyl groups excluding tert-OH is 1. The van der Waals surface area contributed by atoms with Gasteiger partial charge in [0.25, 0.3) is 0 Å². The lowest BCUT2D eigenvalue weighted by Gasteiger charge is -2.06. The first-order valence-corrected chi connectivity index (χ1v) is 4.57. The van der Waals surface area contributed by atoms with Gasteiger partial charge in [0, 0.05) is 12.4 Å². The molecule has 4 nitrogen and oxygen atoms in total. The van der Waals surface area contributed by atoms with Crippen LogP contribution in [0.2, 0.25) is 0 Å². The molecule has 1 aromatic carbocycles. The highest BCUT2D eigenvalue weighted by Gasteiger charge is 2.07. The summed E-state index contributed by atoms with van der Waals surface area (Å²) in [6.45, 7) is 0. The smallest absolute Gasteiger partial charge is 0.0920 e. The summed E-state index contributed by atoms with van der Waals surface area (Å²) in [5.41, 5.74) is 2.21. The Labute approximate surface area is 86.8 Å². The Morgan fingerprint density at radius 2 is 2.00 bits per heavy atom. The van der Waals surface area contributed by atoms with Gasteiger partial charge in [-0.15, -0.1) is 0 Å². The third kappa shape index (κ3) is 1.92. The summed E-state index contributed by atoms with van der Waals surface area (Å²) in [6, 6.07) is 7.24. The molecule has 0 fully saturated rings. The first kappa shape index (κ1) is 9.56. The summed E-state index contributed by atoms with van der Waals surface area (Å²) in [5.74, 6) is 0. The van der Waals surface area contributed by atoms with Crippen molar-refractivity contribution in [2.75, 3.05) is 0 Å². The third-order valence-corrected chi connectivity index (χ3v) is 2.16. The van der Waals surface area contributed by atoms with Gasteiger partial charge < -0.3 is 5.11 Å². The van der Waals surface area contributed by atoms with Crippen LogP contribution in [0.4, 0.5) is 0 Å². The second-order valence-corrected chi connectivity index (χ2v) is 3.18. The monoisotopic (exact) mass is 199 g/mol. The Hall–Kier alpha value is -1.99. The highest BCUT2D eigenvalue weighted by molar-refractivity contribution is 5.74. The number of aromatic nitrogens is 2. The van der Waals surface area contributed by atoms with E-state index in [0.717, 1.165) is 11.0 Å². The molecule has 15 heavy (non-hydrogen) atoms. The molecule has 1 N–H and O–H groups in total. The molecule has 4 heteroatoms. The van der Waals surface area contributed by atoms with Crippen molar-refractivity contribution in [2.45, 2.75) is 12.5 Å². The van der Waals surface area contributed by atoms with E-state index in [4.69, 9.17) is 5.26 Å². The number of nitrogens with zero attached hydrogens (tertiary/aromatic N) is 3. The minimum Gasteiger partial charge on any atom is -0.387 e. The van der Waals surface area contributed by atoms with E-state index in [1.165, 1.54) is 0 Å². The molecule has 0 aliphatic rings. The largest absolute Gasteiger partial charge is 0.387 e. The van der Waals surface area contributed by atoms with Crippen molar-refractivity contribution < 1.29 is 5.11 Å². The van der Waals surface area contributed by atoms with E-state index in [1.54, 1.807) is 30.6 Å². The van der Waals surface area contributed by atoms with E-state index >= 15 is 0 Å². The number of fused-ring (bicyclic) bond motifs is 1. The van der Waals surface area contributed by atoms with Gasteiger partial charge in [-0.05, 0) is 17.7 Å². The van der Waals surface area contributed by atoms with Crippen molar-refractivity contribution in [1.82, 2.24) is 9.97 Å². The number of rotatable bonds is 2. The maximum atomic E-state index is 9.61. The van der Waals surface area contributed by atoms with Crippen molar-refractivity contribution in [3.8, 4) is 6.07 Å². The predicted octanol–water partition coefficient (Wildman–Crippen LogP) is 1.58. The summed E-state index contributed by atoms with van der Waals surface area (Å²) < 4.78 is 0. The molecule has 2 rings (SSSR count). The van der Waals surface area contributed by atoms with E-state index in [2.05, 4.69) is 9.97 Å². The summed E-state index contributed by atoms with van der Waals surface area (Å²) in [6.07, 6.45) is 2.56. The molecule has 0 saturated heterocycles. The van der Waals surface area contributed by atoms with E-state index in [9.17, 15) is 5.11 Å². The highest BCUT2D eigenvalue weighted by Crippen LogP contribution is 2.19. The van der Waals surface area contributed by atoms with Crippen LogP contribution in [0.3, 0.4) is 0 Å². The van der Waals surface area contributed by atoms with Crippen molar-refractivity contribution in [1.29, 1.82) is 5.26 Å². The van der Waals surface area contributed by atoms with Gasteiger partial charge >= 0.3 is 0 Å². The maximum Gasteiger partial charge on any atom is 0.0920 e. The fourth-order valence-electron chi connectivity index (χ4n) is 1.39. The average Bonchev–Trinajstić information content (AvgIpc) is 2.29. The van der Waals surface area contributed by atoms with Crippen LogP contribution >= 0.6 is 0 Å². The van der Waals surface area contributed by atoms with E-state index in [0.29, 0.717) is 5.56 Å². The first-order valence-electron chi connectivity index (χ1n) is 4.57. The molecule has 0 radical (unpaired) electrons. The Morgan fingerprint density at radius 1 is 1.27 bits per heavy atom. The predicted molar refractivity (Wildman–Crippen MR) is 54.7 cm³/mol. The summed E-state index contributed by atoms with van der Waals surface area (Å²) in [7, 11) is 0. The maximum absolute atomic E-state index is 9.61. The zero-order valence-electron chi connectivity index (χ0n) is 7.96. The molecular weight excluding hydrogens is 190 g/mol. The Kier molecular flexibility index (Phi) is 2.57. The number of nitriles is 1. The van der Waals surface area contributed by atoms with Crippen LogP contribution < -0.4 is 0 Å². The van der Waals surface area contributed by atoms with Crippen molar-refractivity contribution in [3.63, 3.8) is 0 Å². The minimum absolute atomic E-state index is 0.0891. The SMILES string of the molecule is N#CC[C@@H](O)c1ccc2nccnc2c1. The Bertz CT molecular complexity index is 518. The van der Waals surface area contributed by atoms with Gasteiger partial charge in [-0.1, -0.05) is 6.07 Å². The lowest BCUT2D eigenvalue weighted by Crippen LogP contribution is -1.96. The summed E-state index contributed by atoms with van der Waals surface area (Å²) in [4.78, 5) is 8.25. The standard InChI is InChI=1S/C11H9N3O/c12-4-3-11(15)8-1-2-9-10(7-8)14-6-5-13-9/h1-2,5-7,11,15H,3H2/t11-/m1/s1. The molecule has 0 bridgehead atoms. The van der Waals surface area contributed by atoms with Crippen molar-refractivity contribution in [3.05, 3.63) is 36.2 Å². The molecule has 0 unspecified atom stereocenters. The van der Waals surface area contributed by atoms with Crippen LogP contribution in [0.25, 0.3) is 11.0 Å². The average molecular weight is 199 g/mol. The molecular formula is C11H9N3O. The lowest BCUT2D eigenvalue weighted by molar-refractivity contribution is 0.183. The van der Waals surface area contributed by atoms with E-state index in [1.807, 2.05) is 6.07 Å². The molecule has 74 valence electrons. The molecule has 0 saturated carbocycles. The minimum atomic E-state index is -0.749. The van der Waals surface area contributed by atoms with Gasteiger partial charge in [-0.2, -0.15) is 5.26 Å². The topological polar surface area (TPSA) is 69.8 Å². The zero-order chi connectivity index (χ0) is 10.7. The van der Waals surface area contributed by atoms with E-state index < -0.39 is 6.10 Å². The molecule has 1 aromatic heterocycles. The van der Waals surface area contributed by atoms with Gasteiger partial charge in [0.15, 0.2) is 0 Å². The zero-order valence-corrected chi connectivity index (χ0v) is 7.96. The lowest BCUT2D eigenvalue weighted by atomic mass is 10.1. The third-order valence-electron chi connectivity index (χ3n) is 2.16. The van der Waals surface area contributed by atoms with Gasteiger partial charge in [-0.3, -0.25) is 9.97 Å². The van der Waals surface area contributed by atoms with Gasteiger partial charge in [0.05, 0.1) is 29.6 Å². The van der Waals surface area contributed by atoms with Crippen molar-refractivity contribution >= 4 is 11.0 Å². The fourth-order valence-corrected chi connectivity index (χ4v) is 1.39. The molecule has 0 spiro atoms. The number of benzene rings is 1. The second kappa shape index (κ2) is 4.03. The highest BCUT2D eigenvalue weighted by atomic mass is 16.3. The Balaban J connectivity index is 2.43. The molecule has 2 aromatic rings. The van der Waals surface area contributed by atoms with E-state index in [-0.39, 0.29) is 6.42 Å². The summed E-state index contributed by atoms with van der Waals surface area (Å²) >= 11 is 0. The van der Waals surface area contributed by atoms with Gasteiger partial charge in [-0.25, -0.2) is 0 Å². The number of hydrogen-bond acceptors (Lipinski definition) is 4. The number of aliphatic hydroxyl groups is 1. The molecule has 1 atom stereocenters. The van der Waals surface area contributed by atoms with Crippen LogP contribution in [0, 0.1) is 11.3 Å². The number of hydrogen-bond donors (Lipinski definition) is 1. The van der Waals surface area contributed by atoms with Crippen LogP contribution in [-0.4, -0.2) is 15.1 Å². The molecule has 1 heterocycles. The second-order valence-electron chi connectivity index (χ2n) is 3.18. The molecule has 0 aliphatic carbocycles. The Morgan fingerprint density at radius 3 is 2.73 bits per heavy atom. The van der Waals surface area contributed by atoms with Crippen LogP contribution in [-0.2, 0) is 0 Å². The normalized spacial score (nSPS) is 12.3. The van der Waals surface area contributed by atoms with Crippen LogP contribution in [0.5, 0.6) is 0 Å². The fraction of sp³-hybridized carbons (Fsp3) is 0.182. The molecule has 0 amide bonds. The van der Waals surface area contributed by atoms with Crippen LogP contribution in [0.1, 0.15) is 18.1 Å². The van der Waals surface area contributed by atoms with Gasteiger partial charge in [0.1, 0.15) is 0 Å². The quantitative estimate of drug-likeness (QED) is 0.797. The van der Waals surface area contributed by atoms with Gasteiger partial charge in [0.2, 0.25) is 0 Å². The molecule has 0 aliphatic heterocycles. The summed E-state index contributed by atoms with van der Waals surface area (Å²) in [5, 5.41) is 18.1. The van der Waals surface area contributed by atoms with Crippen LogP contribution in [0.15, 0.2) is 30.6 Å².